The number of amides is 1. The number of aromatic amines is 1. The maximum absolute atomic E-state index is 13.9. The SMILES string of the molecule is CCOc1ccc(N2C(=O)[C@@H]3Cc4c([nH]c5ccccc45)[C@@H](c4ccc(OC)c(OC)c4)N3C2=S)cc1. The molecule has 4 aromatic rings. The van der Waals surface area contributed by atoms with E-state index in [0.717, 1.165) is 39.2 Å². The van der Waals surface area contributed by atoms with E-state index in [1.165, 1.54) is 0 Å². The minimum atomic E-state index is -0.427. The molecular weight excluding hydrogens is 486 g/mol. The van der Waals surface area contributed by atoms with E-state index in [4.69, 9.17) is 26.4 Å². The molecule has 3 heterocycles. The second kappa shape index (κ2) is 9.12. The molecule has 2 aliphatic rings. The molecule has 188 valence electrons. The van der Waals surface area contributed by atoms with Crippen LogP contribution in [0.4, 0.5) is 5.69 Å². The van der Waals surface area contributed by atoms with Gasteiger partial charge < -0.3 is 24.1 Å². The molecule has 0 bridgehead atoms. The predicted octanol–water partition coefficient (Wildman–Crippen LogP) is 5.23. The van der Waals surface area contributed by atoms with Crippen molar-refractivity contribution in [2.24, 2.45) is 0 Å². The summed E-state index contributed by atoms with van der Waals surface area (Å²) in [6.45, 7) is 2.52. The van der Waals surface area contributed by atoms with E-state index in [1.54, 1.807) is 19.1 Å². The van der Waals surface area contributed by atoms with Crippen LogP contribution in [-0.4, -0.2) is 47.8 Å². The van der Waals surface area contributed by atoms with Crippen LogP contribution in [0, 0.1) is 0 Å². The molecule has 2 aliphatic heterocycles. The molecule has 0 unspecified atom stereocenters. The van der Waals surface area contributed by atoms with Crippen molar-refractivity contribution in [1.29, 1.82) is 0 Å². The first-order valence-corrected chi connectivity index (χ1v) is 12.7. The quantitative estimate of drug-likeness (QED) is 0.356. The lowest BCUT2D eigenvalue weighted by Gasteiger charge is -2.37. The van der Waals surface area contributed by atoms with Gasteiger partial charge in [-0.1, -0.05) is 24.3 Å². The van der Waals surface area contributed by atoms with Gasteiger partial charge >= 0.3 is 0 Å². The Bertz CT molecular complexity index is 1510. The van der Waals surface area contributed by atoms with E-state index < -0.39 is 6.04 Å². The number of rotatable bonds is 6. The molecule has 0 saturated carbocycles. The van der Waals surface area contributed by atoms with Gasteiger partial charge in [-0.15, -0.1) is 0 Å². The van der Waals surface area contributed by atoms with Gasteiger partial charge in [0.15, 0.2) is 16.6 Å². The number of carbonyl (C=O) groups is 1. The number of para-hydroxylation sites is 1. The van der Waals surface area contributed by atoms with Crippen LogP contribution in [0.15, 0.2) is 66.7 Å². The summed E-state index contributed by atoms with van der Waals surface area (Å²) in [5.41, 5.74) is 4.90. The summed E-state index contributed by atoms with van der Waals surface area (Å²) in [5.74, 6) is 1.99. The summed E-state index contributed by atoms with van der Waals surface area (Å²) < 4.78 is 16.7. The fraction of sp³-hybridized carbons (Fsp3) is 0.241. The summed E-state index contributed by atoms with van der Waals surface area (Å²) in [7, 11) is 3.24. The number of ether oxygens (including phenoxy) is 3. The van der Waals surface area contributed by atoms with Crippen LogP contribution in [-0.2, 0) is 11.2 Å². The minimum Gasteiger partial charge on any atom is -0.494 e. The fourth-order valence-corrected chi connectivity index (χ4v) is 5.97. The van der Waals surface area contributed by atoms with Crippen LogP contribution >= 0.6 is 12.2 Å². The number of hydrogen-bond donors (Lipinski definition) is 1. The number of carbonyl (C=O) groups excluding carboxylic acids is 1. The third-order valence-electron chi connectivity index (χ3n) is 7.18. The van der Waals surface area contributed by atoms with E-state index >= 15 is 0 Å². The highest BCUT2D eigenvalue weighted by Crippen LogP contribution is 2.46. The van der Waals surface area contributed by atoms with Crippen LogP contribution in [0.2, 0.25) is 0 Å². The second-order valence-corrected chi connectivity index (χ2v) is 9.46. The summed E-state index contributed by atoms with van der Waals surface area (Å²) >= 11 is 6.01. The van der Waals surface area contributed by atoms with Crippen molar-refractivity contribution in [1.82, 2.24) is 9.88 Å². The maximum atomic E-state index is 13.9. The first-order chi connectivity index (χ1) is 18.0. The Labute approximate surface area is 220 Å². The Morgan fingerprint density at radius 1 is 1.00 bits per heavy atom. The van der Waals surface area contributed by atoms with Gasteiger partial charge in [-0.05, 0) is 72.7 Å². The molecule has 1 N–H and O–H groups in total. The molecule has 0 radical (unpaired) electrons. The van der Waals surface area contributed by atoms with E-state index in [2.05, 4.69) is 22.0 Å². The molecule has 1 saturated heterocycles. The molecule has 7 nitrogen and oxygen atoms in total. The molecule has 1 fully saturated rings. The molecule has 1 aromatic heterocycles. The number of aromatic nitrogens is 1. The van der Waals surface area contributed by atoms with Crippen LogP contribution in [0.3, 0.4) is 0 Å². The lowest BCUT2D eigenvalue weighted by atomic mass is 9.88. The first-order valence-electron chi connectivity index (χ1n) is 12.3. The average Bonchev–Trinajstić information content (AvgIpc) is 3.42. The summed E-state index contributed by atoms with van der Waals surface area (Å²) in [5, 5.41) is 1.60. The molecule has 0 aliphatic carbocycles. The molecule has 37 heavy (non-hydrogen) atoms. The van der Waals surface area contributed by atoms with Gasteiger partial charge in [0.1, 0.15) is 11.8 Å². The molecule has 0 spiro atoms. The van der Waals surface area contributed by atoms with Crippen LogP contribution in [0.5, 0.6) is 17.2 Å². The number of nitrogens with zero attached hydrogens (tertiary/aromatic N) is 2. The lowest BCUT2D eigenvalue weighted by Crippen LogP contribution is -2.44. The van der Waals surface area contributed by atoms with Crippen molar-refractivity contribution in [2.45, 2.75) is 25.4 Å². The van der Waals surface area contributed by atoms with Crippen LogP contribution in [0.25, 0.3) is 10.9 Å². The Kier molecular flexibility index (Phi) is 5.76. The van der Waals surface area contributed by atoms with E-state index in [0.29, 0.717) is 29.6 Å². The Morgan fingerprint density at radius 3 is 2.49 bits per heavy atom. The van der Waals surface area contributed by atoms with Crippen molar-refractivity contribution >= 4 is 39.8 Å². The van der Waals surface area contributed by atoms with Crippen molar-refractivity contribution in [3.05, 3.63) is 83.6 Å². The number of methoxy groups -OCH3 is 2. The Hall–Kier alpha value is -4.04. The zero-order valence-electron chi connectivity index (χ0n) is 20.9. The molecule has 8 heteroatoms. The minimum absolute atomic E-state index is 0.0319. The summed E-state index contributed by atoms with van der Waals surface area (Å²) in [6, 6.07) is 20.9. The van der Waals surface area contributed by atoms with Gasteiger partial charge in [0.2, 0.25) is 0 Å². The Balaban J connectivity index is 1.49. The zero-order valence-corrected chi connectivity index (χ0v) is 21.7. The van der Waals surface area contributed by atoms with Crippen molar-refractivity contribution in [3.63, 3.8) is 0 Å². The average molecular weight is 514 g/mol. The third kappa shape index (κ3) is 3.62. The van der Waals surface area contributed by atoms with Crippen molar-refractivity contribution in [2.75, 3.05) is 25.7 Å². The number of anilines is 1. The zero-order chi connectivity index (χ0) is 25.7. The van der Waals surface area contributed by atoms with Crippen molar-refractivity contribution in [3.8, 4) is 17.2 Å². The molecule has 2 atom stereocenters. The summed E-state index contributed by atoms with van der Waals surface area (Å²) in [4.78, 5) is 21.3. The van der Waals surface area contributed by atoms with Crippen LogP contribution in [0.1, 0.15) is 29.8 Å². The largest absolute Gasteiger partial charge is 0.494 e. The van der Waals surface area contributed by atoms with Gasteiger partial charge in [-0.3, -0.25) is 9.69 Å². The van der Waals surface area contributed by atoms with Crippen molar-refractivity contribution < 1.29 is 19.0 Å². The number of hydrogen-bond acceptors (Lipinski definition) is 5. The van der Waals surface area contributed by atoms with Gasteiger partial charge in [-0.25, -0.2) is 0 Å². The first kappa shape index (κ1) is 23.4. The van der Waals surface area contributed by atoms with E-state index in [9.17, 15) is 4.79 Å². The topological polar surface area (TPSA) is 67.0 Å². The highest BCUT2D eigenvalue weighted by atomic mass is 32.1. The van der Waals surface area contributed by atoms with E-state index in [1.807, 2.05) is 61.5 Å². The number of nitrogens with one attached hydrogen (secondary N) is 1. The number of benzene rings is 3. The number of fused-ring (bicyclic) bond motifs is 4. The third-order valence-corrected chi connectivity index (χ3v) is 7.57. The standard InChI is InChI=1S/C29H27N3O4S/c1-4-36-19-12-10-18(11-13-19)31-28(33)23-16-21-20-7-5-6-8-22(20)30-26(21)27(32(23)29(31)37)17-9-14-24(34-2)25(15-17)35-3/h5-15,23,27,30H,4,16H2,1-3H3/t23-,27+/m0/s1. The maximum Gasteiger partial charge on any atom is 0.256 e. The molecule has 3 aromatic carbocycles. The Morgan fingerprint density at radius 2 is 1.76 bits per heavy atom. The highest BCUT2D eigenvalue weighted by molar-refractivity contribution is 7.80. The monoisotopic (exact) mass is 513 g/mol. The second-order valence-electron chi connectivity index (χ2n) is 9.09. The smallest absolute Gasteiger partial charge is 0.256 e. The highest BCUT2D eigenvalue weighted by Gasteiger charge is 2.51. The van der Waals surface area contributed by atoms with Crippen LogP contribution < -0.4 is 19.1 Å². The van der Waals surface area contributed by atoms with E-state index in [-0.39, 0.29) is 11.9 Å². The van der Waals surface area contributed by atoms with Gasteiger partial charge in [0, 0.05) is 23.0 Å². The molecule has 1 amide bonds. The van der Waals surface area contributed by atoms with Gasteiger partial charge in [0.05, 0.1) is 32.6 Å². The fourth-order valence-electron chi connectivity index (χ4n) is 5.54. The van der Waals surface area contributed by atoms with Gasteiger partial charge in [-0.2, -0.15) is 0 Å². The normalized spacial score (nSPS) is 18.7. The molecule has 6 rings (SSSR count). The number of thiocarbonyl (C=S) groups is 1. The molecular formula is C29H27N3O4S. The lowest BCUT2D eigenvalue weighted by molar-refractivity contribution is -0.120. The number of H-pyrrole nitrogens is 1. The summed E-state index contributed by atoms with van der Waals surface area (Å²) in [6.07, 6.45) is 0.565. The van der Waals surface area contributed by atoms with Gasteiger partial charge in [0.25, 0.3) is 5.91 Å². The predicted molar refractivity (Wildman–Crippen MR) is 147 cm³/mol.